The lowest BCUT2D eigenvalue weighted by atomic mass is 10.1. The highest BCUT2D eigenvalue weighted by molar-refractivity contribution is 5.76. The molecule has 1 fully saturated rings. The van der Waals surface area contributed by atoms with Crippen LogP contribution in [0, 0.1) is 5.92 Å². The molecule has 106 valence electrons. The minimum absolute atomic E-state index is 0.164. The molecule has 0 radical (unpaired) electrons. The van der Waals surface area contributed by atoms with Gasteiger partial charge < -0.3 is 15.5 Å². The van der Waals surface area contributed by atoms with Gasteiger partial charge in [0.25, 0.3) is 0 Å². The van der Waals surface area contributed by atoms with Gasteiger partial charge in [0.2, 0.25) is 5.91 Å². The molecule has 2 unspecified atom stereocenters. The minimum atomic E-state index is 0.164. The van der Waals surface area contributed by atoms with Gasteiger partial charge in [-0.05, 0) is 45.3 Å². The Morgan fingerprint density at radius 3 is 2.56 bits per heavy atom. The van der Waals surface area contributed by atoms with Gasteiger partial charge >= 0.3 is 0 Å². The summed E-state index contributed by atoms with van der Waals surface area (Å²) in [5.74, 6) is 0.707. The third-order valence-corrected chi connectivity index (χ3v) is 3.46. The average molecular weight is 255 g/mol. The van der Waals surface area contributed by atoms with E-state index in [1.54, 1.807) is 0 Å². The molecular formula is C14H29N3O. The Morgan fingerprint density at radius 1 is 1.28 bits per heavy atom. The second-order valence-corrected chi connectivity index (χ2v) is 5.58. The van der Waals surface area contributed by atoms with E-state index in [0.29, 0.717) is 12.3 Å². The third-order valence-electron chi connectivity index (χ3n) is 3.46. The van der Waals surface area contributed by atoms with Gasteiger partial charge in [-0.3, -0.25) is 4.79 Å². The van der Waals surface area contributed by atoms with Crippen LogP contribution in [0.25, 0.3) is 0 Å². The van der Waals surface area contributed by atoms with E-state index in [1.807, 2.05) is 0 Å². The Kier molecular flexibility index (Phi) is 7.28. The molecule has 1 heterocycles. The normalized spacial score (nSPS) is 19.7. The fourth-order valence-corrected chi connectivity index (χ4v) is 2.53. The summed E-state index contributed by atoms with van der Waals surface area (Å²) in [7, 11) is 0. The zero-order valence-corrected chi connectivity index (χ0v) is 12.2. The minimum Gasteiger partial charge on any atom is -0.356 e. The number of rotatable bonds is 8. The molecule has 0 saturated carbocycles. The smallest absolute Gasteiger partial charge is 0.221 e. The molecule has 4 heteroatoms. The van der Waals surface area contributed by atoms with E-state index in [1.165, 1.54) is 25.9 Å². The fourth-order valence-electron chi connectivity index (χ4n) is 2.53. The Labute approximate surface area is 111 Å². The summed E-state index contributed by atoms with van der Waals surface area (Å²) in [6.45, 7) is 11.6. The number of likely N-dealkylation sites (tertiary alicyclic amines) is 1. The Hall–Kier alpha value is -0.610. The summed E-state index contributed by atoms with van der Waals surface area (Å²) in [6.07, 6.45) is 3.24. The highest BCUT2D eigenvalue weighted by atomic mass is 16.1. The standard InChI is InChI=1S/C14H29N3O/c1-4-15-13(3)9-14(18)16-10-12(2)11-17-7-5-6-8-17/h12-13,15H,4-11H2,1-3H3,(H,16,18). The first-order valence-corrected chi connectivity index (χ1v) is 7.34. The third kappa shape index (κ3) is 6.36. The highest BCUT2D eigenvalue weighted by Gasteiger charge is 2.15. The molecule has 18 heavy (non-hydrogen) atoms. The van der Waals surface area contributed by atoms with Crippen molar-refractivity contribution in [1.82, 2.24) is 15.5 Å². The second-order valence-electron chi connectivity index (χ2n) is 5.58. The van der Waals surface area contributed by atoms with Crippen LogP contribution in [0.5, 0.6) is 0 Å². The van der Waals surface area contributed by atoms with E-state index >= 15 is 0 Å². The first kappa shape index (κ1) is 15.4. The molecule has 4 nitrogen and oxygen atoms in total. The molecule has 1 aliphatic heterocycles. The summed E-state index contributed by atoms with van der Waals surface area (Å²) < 4.78 is 0. The van der Waals surface area contributed by atoms with Crippen LogP contribution in [-0.2, 0) is 4.79 Å². The summed E-state index contributed by atoms with van der Waals surface area (Å²) in [6, 6.07) is 0.267. The van der Waals surface area contributed by atoms with Crippen LogP contribution in [0.1, 0.15) is 40.0 Å². The van der Waals surface area contributed by atoms with E-state index in [0.717, 1.165) is 19.6 Å². The van der Waals surface area contributed by atoms with Crippen LogP contribution in [0.2, 0.25) is 0 Å². The van der Waals surface area contributed by atoms with Crippen molar-refractivity contribution >= 4 is 5.91 Å². The van der Waals surface area contributed by atoms with Crippen molar-refractivity contribution in [2.24, 2.45) is 5.92 Å². The molecule has 0 aromatic heterocycles. The maximum atomic E-state index is 11.7. The van der Waals surface area contributed by atoms with Gasteiger partial charge in [0, 0.05) is 25.6 Å². The number of nitrogens with zero attached hydrogens (tertiary/aromatic N) is 1. The van der Waals surface area contributed by atoms with Crippen molar-refractivity contribution in [1.29, 1.82) is 0 Å². The van der Waals surface area contributed by atoms with Gasteiger partial charge in [0.15, 0.2) is 0 Å². The number of hydrogen-bond donors (Lipinski definition) is 2. The van der Waals surface area contributed by atoms with E-state index in [9.17, 15) is 4.79 Å². The van der Waals surface area contributed by atoms with Gasteiger partial charge in [-0.15, -0.1) is 0 Å². The predicted molar refractivity (Wildman–Crippen MR) is 75.6 cm³/mol. The van der Waals surface area contributed by atoms with Crippen molar-refractivity contribution in [3.63, 3.8) is 0 Å². The lowest BCUT2D eigenvalue weighted by molar-refractivity contribution is -0.121. The molecular weight excluding hydrogens is 226 g/mol. The highest BCUT2D eigenvalue weighted by Crippen LogP contribution is 2.09. The summed E-state index contributed by atoms with van der Waals surface area (Å²) in [4.78, 5) is 14.2. The average Bonchev–Trinajstić information content (AvgIpc) is 2.79. The largest absolute Gasteiger partial charge is 0.356 e. The maximum absolute atomic E-state index is 11.7. The molecule has 0 aliphatic carbocycles. The molecule has 1 saturated heterocycles. The van der Waals surface area contributed by atoms with Gasteiger partial charge in [-0.25, -0.2) is 0 Å². The summed E-state index contributed by atoms with van der Waals surface area (Å²) in [5.41, 5.74) is 0. The lowest BCUT2D eigenvalue weighted by Gasteiger charge is -2.21. The Morgan fingerprint density at radius 2 is 1.94 bits per heavy atom. The second kappa shape index (κ2) is 8.48. The number of hydrogen-bond acceptors (Lipinski definition) is 3. The number of carbonyl (C=O) groups is 1. The first-order valence-electron chi connectivity index (χ1n) is 7.34. The van der Waals surface area contributed by atoms with Crippen LogP contribution >= 0.6 is 0 Å². The molecule has 0 aromatic rings. The van der Waals surface area contributed by atoms with E-state index in [4.69, 9.17) is 0 Å². The summed E-state index contributed by atoms with van der Waals surface area (Å²) in [5, 5.41) is 6.29. The molecule has 1 aliphatic rings. The van der Waals surface area contributed by atoms with Crippen LogP contribution in [0.3, 0.4) is 0 Å². The van der Waals surface area contributed by atoms with Crippen LogP contribution in [0.15, 0.2) is 0 Å². The van der Waals surface area contributed by atoms with Crippen LogP contribution in [-0.4, -0.2) is 49.6 Å². The zero-order valence-electron chi connectivity index (χ0n) is 12.2. The van der Waals surface area contributed by atoms with E-state index in [-0.39, 0.29) is 11.9 Å². The number of carbonyl (C=O) groups excluding carboxylic acids is 1. The van der Waals surface area contributed by atoms with Crippen molar-refractivity contribution in [3.8, 4) is 0 Å². The first-order chi connectivity index (χ1) is 8.61. The molecule has 2 atom stereocenters. The maximum Gasteiger partial charge on any atom is 0.221 e. The van der Waals surface area contributed by atoms with Gasteiger partial charge in [0.05, 0.1) is 0 Å². The number of nitrogens with one attached hydrogen (secondary N) is 2. The molecule has 2 N–H and O–H groups in total. The molecule has 0 bridgehead atoms. The van der Waals surface area contributed by atoms with Crippen molar-refractivity contribution in [2.75, 3.05) is 32.7 Å². The van der Waals surface area contributed by atoms with E-state index in [2.05, 4.69) is 36.3 Å². The fraction of sp³-hybridized carbons (Fsp3) is 0.929. The monoisotopic (exact) mass is 255 g/mol. The van der Waals surface area contributed by atoms with Gasteiger partial charge in [0.1, 0.15) is 0 Å². The Balaban J connectivity index is 2.09. The van der Waals surface area contributed by atoms with Crippen molar-refractivity contribution in [2.45, 2.75) is 46.1 Å². The molecule has 0 spiro atoms. The number of amides is 1. The molecule has 0 aromatic carbocycles. The van der Waals surface area contributed by atoms with Crippen molar-refractivity contribution < 1.29 is 4.79 Å². The topological polar surface area (TPSA) is 44.4 Å². The molecule has 1 amide bonds. The van der Waals surface area contributed by atoms with Gasteiger partial charge in [-0.2, -0.15) is 0 Å². The van der Waals surface area contributed by atoms with E-state index < -0.39 is 0 Å². The quantitative estimate of drug-likeness (QED) is 0.685. The zero-order chi connectivity index (χ0) is 13.4. The van der Waals surface area contributed by atoms with Crippen molar-refractivity contribution in [3.05, 3.63) is 0 Å². The lowest BCUT2D eigenvalue weighted by Crippen LogP contribution is -2.37. The SMILES string of the molecule is CCNC(C)CC(=O)NCC(C)CN1CCCC1. The predicted octanol–water partition coefficient (Wildman–Crippen LogP) is 1.22. The summed E-state index contributed by atoms with van der Waals surface area (Å²) >= 11 is 0. The molecule has 1 rings (SSSR count). The Bertz CT molecular complexity index is 239. The van der Waals surface area contributed by atoms with Gasteiger partial charge in [-0.1, -0.05) is 13.8 Å². The van der Waals surface area contributed by atoms with Crippen LogP contribution in [0.4, 0.5) is 0 Å². The van der Waals surface area contributed by atoms with Crippen LogP contribution < -0.4 is 10.6 Å².